The maximum absolute atomic E-state index is 12.7. The third kappa shape index (κ3) is 5.20. The van der Waals surface area contributed by atoms with Crippen LogP contribution >= 0.6 is 11.6 Å². The van der Waals surface area contributed by atoms with Crippen LogP contribution in [0.1, 0.15) is 40.0 Å². The van der Waals surface area contributed by atoms with Crippen LogP contribution in [0.2, 0.25) is 5.02 Å². The number of hydrogen-bond donors (Lipinski definition) is 2. The fourth-order valence-corrected chi connectivity index (χ4v) is 4.40. The number of hydrogen-bond acceptors (Lipinski definition) is 3. The van der Waals surface area contributed by atoms with E-state index in [1.165, 1.54) is 30.3 Å². The van der Waals surface area contributed by atoms with Gasteiger partial charge in [-0.25, -0.2) is 8.42 Å². The van der Waals surface area contributed by atoms with Gasteiger partial charge < -0.3 is 5.32 Å². The van der Waals surface area contributed by atoms with Crippen LogP contribution in [-0.2, 0) is 10.0 Å². The number of halogens is 1. The summed E-state index contributed by atoms with van der Waals surface area (Å²) in [6.45, 7) is 5.95. The molecule has 0 saturated carbocycles. The van der Waals surface area contributed by atoms with Crippen LogP contribution in [0.15, 0.2) is 71.6 Å². The molecule has 3 aromatic carbocycles. The molecule has 3 aromatic rings. The smallest absolute Gasteiger partial charge is 0.261 e. The normalized spacial score (nSPS) is 12.3. The van der Waals surface area contributed by atoms with E-state index >= 15 is 0 Å². The standard InChI is InChI=1S/C23H23ClN2O3S/c1-15-7-12-22(16(2)13-15)17(3)25-23(27)18-5-4-6-20(14-18)26-30(28,29)21-10-8-19(24)9-11-21/h4-14,17,26H,1-3H3,(H,25,27). The summed E-state index contributed by atoms with van der Waals surface area (Å²) < 4.78 is 27.6. The molecule has 3 rings (SSSR count). The van der Waals surface area contributed by atoms with Crippen molar-refractivity contribution in [3.63, 3.8) is 0 Å². The number of sulfonamides is 1. The van der Waals surface area contributed by atoms with Crippen molar-refractivity contribution in [2.45, 2.75) is 31.7 Å². The molecule has 0 radical (unpaired) electrons. The molecule has 0 aromatic heterocycles. The lowest BCUT2D eigenvalue weighted by molar-refractivity contribution is 0.0940. The molecule has 156 valence electrons. The van der Waals surface area contributed by atoms with Crippen LogP contribution < -0.4 is 10.0 Å². The van der Waals surface area contributed by atoms with Crippen LogP contribution in [0.3, 0.4) is 0 Å². The Hall–Kier alpha value is -2.83. The third-order valence-corrected chi connectivity index (χ3v) is 6.39. The Bertz CT molecular complexity index is 1180. The molecular formula is C23H23ClN2O3S. The van der Waals surface area contributed by atoms with Gasteiger partial charge in [-0.1, -0.05) is 41.4 Å². The van der Waals surface area contributed by atoms with E-state index in [1.807, 2.05) is 32.9 Å². The zero-order valence-corrected chi connectivity index (χ0v) is 18.5. The predicted octanol–water partition coefficient (Wildman–Crippen LogP) is 5.25. The zero-order chi connectivity index (χ0) is 21.9. The topological polar surface area (TPSA) is 75.3 Å². The number of anilines is 1. The Morgan fingerprint density at radius 2 is 1.67 bits per heavy atom. The van der Waals surface area contributed by atoms with Gasteiger partial charge in [0.15, 0.2) is 0 Å². The highest BCUT2D eigenvalue weighted by atomic mass is 35.5. The van der Waals surface area contributed by atoms with E-state index in [4.69, 9.17) is 11.6 Å². The molecule has 0 saturated heterocycles. The van der Waals surface area contributed by atoms with E-state index in [0.717, 1.165) is 16.7 Å². The van der Waals surface area contributed by atoms with Crippen LogP contribution in [0.25, 0.3) is 0 Å². The van der Waals surface area contributed by atoms with Crippen molar-refractivity contribution in [3.8, 4) is 0 Å². The Balaban J connectivity index is 1.76. The highest BCUT2D eigenvalue weighted by molar-refractivity contribution is 7.92. The first-order valence-corrected chi connectivity index (χ1v) is 11.3. The van der Waals surface area contributed by atoms with Crippen molar-refractivity contribution >= 4 is 33.2 Å². The second-order valence-corrected chi connectivity index (χ2v) is 9.31. The Morgan fingerprint density at radius 1 is 0.967 bits per heavy atom. The lowest BCUT2D eigenvalue weighted by Crippen LogP contribution is -2.27. The van der Waals surface area contributed by atoms with E-state index in [1.54, 1.807) is 18.2 Å². The van der Waals surface area contributed by atoms with Crippen LogP contribution in [0.4, 0.5) is 5.69 Å². The summed E-state index contributed by atoms with van der Waals surface area (Å²) in [5, 5.41) is 3.42. The number of carbonyl (C=O) groups excluding carboxylic acids is 1. The number of benzene rings is 3. The van der Waals surface area contributed by atoms with Crippen molar-refractivity contribution in [2.75, 3.05) is 4.72 Å². The van der Waals surface area contributed by atoms with Gasteiger partial charge in [0.2, 0.25) is 0 Å². The van der Waals surface area contributed by atoms with Gasteiger partial charge in [0.1, 0.15) is 0 Å². The van der Waals surface area contributed by atoms with Gasteiger partial charge in [0.25, 0.3) is 15.9 Å². The van der Waals surface area contributed by atoms with E-state index in [9.17, 15) is 13.2 Å². The van der Waals surface area contributed by atoms with E-state index in [0.29, 0.717) is 16.3 Å². The molecule has 0 fully saturated rings. The first-order valence-electron chi connectivity index (χ1n) is 9.42. The second kappa shape index (κ2) is 8.90. The average Bonchev–Trinajstić information content (AvgIpc) is 2.68. The summed E-state index contributed by atoms with van der Waals surface area (Å²) in [6.07, 6.45) is 0. The molecular weight excluding hydrogens is 420 g/mol. The largest absolute Gasteiger partial charge is 0.346 e. The van der Waals surface area contributed by atoms with E-state index < -0.39 is 10.0 Å². The number of amides is 1. The van der Waals surface area contributed by atoms with Gasteiger partial charge in [0.05, 0.1) is 10.9 Å². The number of carbonyl (C=O) groups is 1. The molecule has 1 amide bonds. The summed E-state index contributed by atoms with van der Waals surface area (Å²) in [7, 11) is -3.79. The summed E-state index contributed by atoms with van der Waals surface area (Å²) in [5.41, 5.74) is 3.97. The highest BCUT2D eigenvalue weighted by Gasteiger charge is 2.17. The second-order valence-electron chi connectivity index (χ2n) is 7.20. The molecule has 1 atom stereocenters. The van der Waals surface area contributed by atoms with Crippen LogP contribution in [0.5, 0.6) is 0 Å². The summed E-state index contributed by atoms with van der Waals surface area (Å²) in [6, 6.07) is 18.2. The van der Waals surface area contributed by atoms with Gasteiger partial charge in [-0.05, 0) is 74.4 Å². The molecule has 30 heavy (non-hydrogen) atoms. The van der Waals surface area contributed by atoms with E-state index in [-0.39, 0.29) is 16.8 Å². The minimum absolute atomic E-state index is 0.0882. The SMILES string of the molecule is Cc1ccc(C(C)NC(=O)c2cccc(NS(=O)(=O)c3ccc(Cl)cc3)c2)c(C)c1. The average molecular weight is 443 g/mol. The monoisotopic (exact) mass is 442 g/mol. The molecule has 0 heterocycles. The molecule has 0 aliphatic carbocycles. The summed E-state index contributed by atoms with van der Waals surface area (Å²) in [4.78, 5) is 12.8. The fraction of sp³-hybridized carbons (Fsp3) is 0.174. The molecule has 0 bridgehead atoms. The number of rotatable bonds is 6. The minimum Gasteiger partial charge on any atom is -0.346 e. The third-order valence-electron chi connectivity index (χ3n) is 4.74. The van der Waals surface area contributed by atoms with Crippen LogP contribution in [-0.4, -0.2) is 14.3 Å². The van der Waals surface area contributed by atoms with Gasteiger partial charge in [-0.15, -0.1) is 0 Å². The predicted molar refractivity (Wildman–Crippen MR) is 120 cm³/mol. The maximum atomic E-state index is 12.7. The highest BCUT2D eigenvalue weighted by Crippen LogP contribution is 2.21. The van der Waals surface area contributed by atoms with Crippen molar-refractivity contribution in [2.24, 2.45) is 0 Å². The van der Waals surface area contributed by atoms with Crippen molar-refractivity contribution < 1.29 is 13.2 Å². The van der Waals surface area contributed by atoms with Gasteiger partial charge in [-0.2, -0.15) is 0 Å². The maximum Gasteiger partial charge on any atom is 0.261 e. The Labute approximate surface area is 182 Å². The van der Waals surface area contributed by atoms with Crippen LogP contribution in [0, 0.1) is 13.8 Å². The molecule has 0 aliphatic heterocycles. The lowest BCUT2D eigenvalue weighted by atomic mass is 10.00. The van der Waals surface area contributed by atoms with Crippen molar-refractivity contribution in [1.29, 1.82) is 0 Å². The number of nitrogens with one attached hydrogen (secondary N) is 2. The Morgan fingerprint density at radius 3 is 2.33 bits per heavy atom. The minimum atomic E-state index is -3.79. The molecule has 0 aliphatic rings. The molecule has 7 heteroatoms. The fourth-order valence-electron chi connectivity index (χ4n) is 3.22. The first kappa shape index (κ1) is 21.9. The van der Waals surface area contributed by atoms with Gasteiger partial charge in [-0.3, -0.25) is 9.52 Å². The molecule has 0 spiro atoms. The summed E-state index contributed by atoms with van der Waals surface area (Å²) >= 11 is 5.82. The van der Waals surface area contributed by atoms with Crippen molar-refractivity contribution in [3.05, 3.63) is 94.0 Å². The molecule has 5 nitrogen and oxygen atoms in total. The number of aryl methyl sites for hydroxylation is 2. The van der Waals surface area contributed by atoms with Gasteiger partial charge in [0, 0.05) is 16.3 Å². The van der Waals surface area contributed by atoms with E-state index in [2.05, 4.69) is 16.1 Å². The lowest BCUT2D eigenvalue weighted by Gasteiger charge is -2.17. The summed E-state index contributed by atoms with van der Waals surface area (Å²) in [5.74, 6) is -0.282. The molecule has 1 unspecified atom stereocenters. The quantitative estimate of drug-likeness (QED) is 0.547. The van der Waals surface area contributed by atoms with Crippen molar-refractivity contribution in [1.82, 2.24) is 5.32 Å². The van der Waals surface area contributed by atoms with Gasteiger partial charge >= 0.3 is 0 Å². The first-order chi connectivity index (χ1) is 14.2. The zero-order valence-electron chi connectivity index (χ0n) is 16.9. The molecule has 2 N–H and O–H groups in total. The Kier molecular flexibility index (Phi) is 6.48.